The molecule has 0 aliphatic heterocycles. The molecule has 5 nitrogen and oxygen atoms in total. The average Bonchev–Trinajstić information content (AvgIpc) is 3.48. The van der Waals surface area contributed by atoms with E-state index in [2.05, 4.69) is 51.7 Å². The highest BCUT2D eigenvalue weighted by atomic mass is 16.5. The second kappa shape index (κ2) is 11.2. The Morgan fingerprint density at radius 3 is 2.41 bits per heavy atom. The predicted molar refractivity (Wildman–Crippen MR) is 159 cm³/mol. The number of benzene rings is 1. The van der Waals surface area contributed by atoms with Gasteiger partial charge in [-0.3, -0.25) is 4.79 Å². The lowest BCUT2D eigenvalue weighted by Crippen LogP contribution is -2.53. The average molecular weight is 536 g/mol. The molecule has 1 aromatic heterocycles. The topological polar surface area (TPSA) is 57.0 Å². The highest BCUT2D eigenvalue weighted by Crippen LogP contribution is 2.67. The second-order valence-electron chi connectivity index (χ2n) is 14.6. The molecule has 0 radical (unpaired) electrons. The number of hydrogen-bond donors (Lipinski definition) is 0. The minimum atomic E-state index is 0.152. The van der Waals surface area contributed by atoms with Crippen molar-refractivity contribution < 1.29 is 9.53 Å². The normalized spacial score (nSPS) is 37.4. The van der Waals surface area contributed by atoms with E-state index in [1.165, 1.54) is 57.8 Å². The lowest BCUT2D eigenvalue weighted by molar-refractivity contribution is -0.137. The van der Waals surface area contributed by atoms with Crippen LogP contribution < -0.4 is 4.74 Å². The van der Waals surface area contributed by atoms with Gasteiger partial charge < -0.3 is 4.74 Å². The van der Waals surface area contributed by atoms with Crippen LogP contribution in [-0.4, -0.2) is 27.9 Å². The third-order valence-corrected chi connectivity index (χ3v) is 12.1. The van der Waals surface area contributed by atoms with Gasteiger partial charge in [0.1, 0.15) is 23.3 Å². The Labute approximate surface area is 236 Å². The first-order valence-corrected chi connectivity index (χ1v) is 16.0. The highest BCUT2D eigenvalue weighted by Gasteiger charge is 2.60. The van der Waals surface area contributed by atoms with Gasteiger partial charge in [0.15, 0.2) is 5.78 Å². The van der Waals surface area contributed by atoms with Gasteiger partial charge in [-0.25, -0.2) is 0 Å². The number of nitrogens with zero attached hydrogens (tertiary/aromatic N) is 3. The summed E-state index contributed by atoms with van der Waals surface area (Å²) in [7, 11) is 1.66. The van der Waals surface area contributed by atoms with Crippen molar-refractivity contribution in [3.05, 3.63) is 18.2 Å². The molecule has 0 saturated heterocycles. The van der Waals surface area contributed by atoms with Gasteiger partial charge in [-0.05, 0) is 110 Å². The molecule has 2 aromatic rings. The third-order valence-electron chi connectivity index (χ3n) is 12.1. The molecule has 216 valence electrons. The number of carbonyl (C=O) groups is 1. The number of carbonyl (C=O) groups excluding carboxylic acids is 1. The number of ether oxygens (including phenoxy) is 1. The summed E-state index contributed by atoms with van der Waals surface area (Å²) in [6, 6.07) is 5.70. The van der Waals surface area contributed by atoms with Crippen LogP contribution in [0.25, 0.3) is 11.0 Å². The van der Waals surface area contributed by atoms with Crippen molar-refractivity contribution in [3.63, 3.8) is 0 Å². The first-order chi connectivity index (χ1) is 18.6. The summed E-state index contributed by atoms with van der Waals surface area (Å²) in [4.78, 5) is 15.3. The van der Waals surface area contributed by atoms with Crippen molar-refractivity contribution in [1.82, 2.24) is 15.0 Å². The van der Waals surface area contributed by atoms with Crippen molar-refractivity contribution in [2.75, 3.05) is 7.11 Å². The molecule has 1 heterocycles. The van der Waals surface area contributed by atoms with Crippen LogP contribution in [-0.2, 0) is 11.3 Å². The lowest BCUT2D eigenvalue weighted by atomic mass is 9.44. The summed E-state index contributed by atoms with van der Waals surface area (Å²) in [5, 5.41) is 9.17. The Bertz CT molecular complexity index is 1160. The maximum absolute atomic E-state index is 13.6. The number of ketones is 1. The number of rotatable bonds is 5. The van der Waals surface area contributed by atoms with Crippen molar-refractivity contribution >= 4 is 16.8 Å². The molecule has 0 N–H and O–H groups in total. The number of Topliss-reactive ketones (excluding diaryl/α,β-unsaturated/α-hetero) is 1. The van der Waals surface area contributed by atoms with E-state index in [9.17, 15) is 4.79 Å². The first kappa shape index (κ1) is 28.6. The first-order valence-electron chi connectivity index (χ1n) is 16.0. The largest absolute Gasteiger partial charge is 0.497 e. The van der Waals surface area contributed by atoms with E-state index in [4.69, 9.17) is 4.74 Å². The quantitative estimate of drug-likeness (QED) is 0.386. The van der Waals surface area contributed by atoms with Crippen LogP contribution in [0.4, 0.5) is 0 Å². The van der Waals surface area contributed by atoms with E-state index in [1.54, 1.807) is 11.9 Å². The molecule has 4 fully saturated rings. The monoisotopic (exact) mass is 535 g/mol. The zero-order valence-electron chi connectivity index (χ0n) is 25.7. The molecule has 8 atom stereocenters. The van der Waals surface area contributed by atoms with Crippen LogP contribution in [0.5, 0.6) is 5.75 Å². The molecule has 4 saturated carbocycles. The molecule has 6 rings (SSSR count). The van der Waals surface area contributed by atoms with Gasteiger partial charge in [-0.1, -0.05) is 54.4 Å². The molecule has 5 heteroatoms. The number of aromatic nitrogens is 3. The summed E-state index contributed by atoms with van der Waals surface area (Å²) >= 11 is 0. The van der Waals surface area contributed by atoms with Gasteiger partial charge in [0, 0.05) is 12.0 Å². The summed E-state index contributed by atoms with van der Waals surface area (Å²) in [6.07, 6.45) is 13.2. The van der Waals surface area contributed by atoms with Crippen LogP contribution in [0, 0.1) is 52.3 Å². The predicted octanol–water partition coefficient (Wildman–Crippen LogP) is 8.36. The zero-order chi connectivity index (χ0) is 27.9. The van der Waals surface area contributed by atoms with E-state index < -0.39 is 0 Å². The number of methoxy groups -OCH3 is 1. The highest BCUT2D eigenvalue weighted by molar-refractivity contribution is 5.82. The third kappa shape index (κ3) is 5.28. The summed E-state index contributed by atoms with van der Waals surface area (Å²) in [6.45, 7) is 14.5. The fourth-order valence-electron chi connectivity index (χ4n) is 9.39. The molecule has 39 heavy (non-hydrogen) atoms. The van der Waals surface area contributed by atoms with E-state index in [0.29, 0.717) is 17.1 Å². The fraction of sp³-hybridized carbons (Fsp3) is 0.794. The number of fused-ring (bicyclic) bond motifs is 6. The van der Waals surface area contributed by atoms with Crippen LogP contribution >= 0.6 is 0 Å². The Balaban J connectivity index is 0.000000567. The Kier molecular flexibility index (Phi) is 8.19. The van der Waals surface area contributed by atoms with E-state index in [1.807, 2.05) is 18.2 Å². The summed E-state index contributed by atoms with van der Waals surface area (Å²) in [5.74, 6) is 6.39. The fourth-order valence-corrected chi connectivity index (χ4v) is 9.39. The van der Waals surface area contributed by atoms with Gasteiger partial charge in [0.2, 0.25) is 0 Å². The Morgan fingerprint density at radius 1 is 1.00 bits per heavy atom. The SMILES string of the molecule is CCC(C)C.COc1ccc2nn(CC(=O)C3CCC4C5CCC6CC(C)CCC6(C)C5CCC34C)nc2c1. The molecule has 1 aromatic carbocycles. The molecule has 4 aliphatic rings. The van der Waals surface area contributed by atoms with Gasteiger partial charge in [-0.15, -0.1) is 0 Å². The molecule has 4 aliphatic carbocycles. The standard InChI is InChI=1S/C29H41N3O2.C5H12/c1-18-11-13-28(2)19(15-18)5-7-21-22-8-9-24(29(22,3)14-12-23(21)28)27(33)17-32-30-25-10-6-20(34-4)16-26(25)31-32;1-4-5(2)3/h6,10,16,18-19,21-24H,5,7-9,11-15,17H2,1-4H3;5H,4H2,1-3H3. The van der Waals surface area contributed by atoms with Crippen LogP contribution in [0.15, 0.2) is 18.2 Å². The molecule has 0 bridgehead atoms. The smallest absolute Gasteiger partial charge is 0.159 e. The molecule has 0 spiro atoms. The van der Waals surface area contributed by atoms with Crippen molar-refractivity contribution in [1.29, 1.82) is 0 Å². The Morgan fingerprint density at radius 2 is 1.69 bits per heavy atom. The minimum Gasteiger partial charge on any atom is -0.497 e. The van der Waals surface area contributed by atoms with E-state index in [0.717, 1.165) is 52.8 Å². The van der Waals surface area contributed by atoms with E-state index >= 15 is 0 Å². The van der Waals surface area contributed by atoms with E-state index in [-0.39, 0.29) is 17.9 Å². The van der Waals surface area contributed by atoms with Crippen molar-refractivity contribution in [2.24, 2.45) is 52.3 Å². The van der Waals surface area contributed by atoms with Gasteiger partial charge in [0.05, 0.1) is 7.11 Å². The van der Waals surface area contributed by atoms with Crippen LogP contribution in [0.2, 0.25) is 0 Å². The molecular weight excluding hydrogens is 482 g/mol. The van der Waals surface area contributed by atoms with Gasteiger partial charge >= 0.3 is 0 Å². The lowest BCUT2D eigenvalue weighted by Gasteiger charge is -2.61. The molecule has 8 unspecified atom stereocenters. The van der Waals surface area contributed by atoms with Crippen molar-refractivity contribution in [2.45, 2.75) is 112 Å². The van der Waals surface area contributed by atoms with Crippen LogP contribution in [0.3, 0.4) is 0 Å². The minimum absolute atomic E-state index is 0.152. The summed E-state index contributed by atoms with van der Waals surface area (Å²) < 4.78 is 5.31. The van der Waals surface area contributed by atoms with Crippen molar-refractivity contribution in [3.8, 4) is 5.75 Å². The zero-order valence-corrected chi connectivity index (χ0v) is 25.7. The van der Waals surface area contributed by atoms with Crippen LogP contribution in [0.1, 0.15) is 106 Å². The second-order valence-corrected chi connectivity index (χ2v) is 14.6. The molecule has 0 amide bonds. The van der Waals surface area contributed by atoms with Gasteiger partial charge in [0.25, 0.3) is 0 Å². The van der Waals surface area contributed by atoms with Gasteiger partial charge in [-0.2, -0.15) is 15.0 Å². The molecular formula is C34H53N3O2. The number of hydrogen-bond acceptors (Lipinski definition) is 4. The Hall–Kier alpha value is -1.91. The maximum Gasteiger partial charge on any atom is 0.159 e. The maximum atomic E-state index is 13.6. The summed E-state index contributed by atoms with van der Waals surface area (Å²) in [5.41, 5.74) is 2.30.